The Morgan fingerprint density at radius 2 is 2.26 bits per heavy atom. The zero-order valence-electron chi connectivity index (χ0n) is 10.9. The summed E-state index contributed by atoms with van der Waals surface area (Å²) in [6.45, 7) is 4.47. The normalized spacial score (nSPS) is 10.9. The lowest BCUT2D eigenvalue weighted by molar-refractivity contribution is 0.598. The molecule has 1 aromatic carbocycles. The number of imidazole rings is 1. The minimum Gasteiger partial charge on any atom is -0.333 e. The average Bonchev–Trinajstić information content (AvgIpc) is 2.81. The first kappa shape index (κ1) is 14.2. The highest BCUT2D eigenvalue weighted by Gasteiger charge is 2.05. The summed E-state index contributed by atoms with van der Waals surface area (Å²) in [4.78, 5) is 4.32. The van der Waals surface area contributed by atoms with Crippen LogP contribution >= 0.6 is 15.9 Å². The summed E-state index contributed by atoms with van der Waals surface area (Å²) in [5, 5.41) is 3.26. The summed E-state index contributed by atoms with van der Waals surface area (Å²) < 4.78 is 16.4. The molecule has 102 valence electrons. The summed E-state index contributed by atoms with van der Waals surface area (Å²) >= 11 is 3.25. The Bertz CT molecular complexity index is 539. The van der Waals surface area contributed by atoms with Crippen LogP contribution in [0.3, 0.4) is 0 Å². The fourth-order valence-corrected chi connectivity index (χ4v) is 2.19. The molecule has 0 fully saturated rings. The maximum absolute atomic E-state index is 13.7. The van der Waals surface area contributed by atoms with Crippen molar-refractivity contribution in [2.45, 2.75) is 19.9 Å². The van der Waals surface area contributed by atoms with Crippen LogP contribution in [0.4, 0.5) is 4.39 Å². The maximum atomic E-state index is 13.7. The Morgan fingerprint density at radius 3 is 3.00 bits per heavy atom. The second-order valence-corrected chi connectivity index (χ2v) is 5.29. The maximum Gasteiger partial charge on any atom is 0.129 e. The zero-order chi connectivity index (χ0) is 13.7. The lowest BCUT2D eigenvalue weighted by Crippen LogP contribution is -2.16. The molecule has 0 bridgehead atoms. The van der Waals surface area contributed by atoms with E-state index in [9.17, 15) is 4.39 Å². The third-order valence-corrected chi connectivity index (χ3v) is 3.36. The van der Waals surface area contributed by atoms with Gasteiger partial charge in [0, 0.05) is 29.2 Å². The van der Waals surface area contributed by atoms with E-state index >= 15 is 0 Å². The molecule has 5 heteroatoms. The molecule has 0 radical (unpaired) electrons. The van der Waals surface area contributed by atoms with E-state index in [0.29, 0.717) is 12.1 Å². The Labute approximate surface area is 121 Å². The standard InChI is InChI=1S/C14H17BrFN3/c1-2-17-6-5-13-9-19(10-18-13)8-11-3-4-12(15)7-14(11)16/h3-4,7,9-10,17H,2,5-6,8H2,1H3. The number of hydrogen-bond donors (Lipinski definition) is 1. The van der Waals surface area contributed by atoms with Gasteiger partial charge in [-0.25, -0.2) is 9.37 Å². The van der Waals surface area contributed by atoms with Gasteiger partial charge in [-0.05, 0) is 18.7 Å². The predicted octanol–water partition coefficient (Wildman–Crippen LogP) is 2.99. The number of halogens is 2. The highest BCUT2D eigenvalue weighted by molar-refractivity contribution is 9.10. The van der Waals surface area contributed by atoms with E-state index in [4.69, 9.17) is 0 Å². The molecule has 0 aliphatic heterocycles. The van der Waals surface area contributed by atoms with E-state index < -0.39 is 0 Å². The van der Waals surface area contributed by atoms with Crippen molar-refractivity contribution in [3.8, 4) is 0 Å². The molecule has 0 aliphatic carbocycles. The number of nitrogens with one attached hydrogen (secondary N) is 1. The number of likely N-dealkylation sites (N-methyl/N-ethyl adjacent to an activating group) is 1. The van der Waals surface area contributed by atoms with Gasteiger partial charge in [0.2, 0.25) is 0 Å². The van der Waals surface area contributed by atoms with Gasteiger partial charge in [-0.3, -0.25) is 0 Å². The first-order valence-electron chi connectivity index (χ1n) is 6.34. The average molecular weight is 326 g/mol. The molecule has 3 nitrogen and oxygen atoms in total. The molecule has 0 amide bonds. The smallest absolute Gasteiger partial charge is 0.129 e. The molecule has 0 saturated carbocycles. The molecule has 0 spiro atoms. The van der Waals surface area contributed by atoms with Gasteiger partial charge >= 0.3 is 0 Å². The number of rotatable bonds is 6. The van der Waals surface area contributed by atoms with Gasteiger partial charge in [0.1, 0.15) is 5.82 Å². The third-order valence-electron chi connectivity index (χ3n) is 2.86. The summed E-state index contributed by atoms with van der Waals surface area (Å²) in [6, 6.07) is 5.12. The van der Waals surface area contributed by atoms with Crippen molar-refractivity contribution in [2.24, 2.45) is 0 Å². The summed E-state index contributed by atoms with van der Waals surface area (Å²) in [5.41, 5.74) is 1.69. The van der Waals surface area contributed by atoms with Gasteiger partial charge in [0.15, 0.2) is 0 Å². The third kappa shape index (κ3) is 4.14. The van der Waals surface area contributed by atoms with Crippen LogP contribution in [-0.2, 0) is 13.0 Å². The molecule has 2 aromatic rings. The largest absolute Gasteiger partial charge is 0.333 e. The Kier molecular flexibility index (Phi) is 5.10. The van der Waals surface area contributed by atoms with Crippen LogP contribution in [-0.4, -0.2) is 22.6 Å². The topological polar surface area (TPSA) is 29.9 Å². The molecular weight excluding hydrogens is 309 g/mol. The van der Waals surface area contributed by atoms with Crippen LogP contribution in [0.5, 0.6) is 0 Å². The first-order valence-corrected chi connectivity index (χ1v) is 7.13. The molecule has 19 heavy (non-hydrogen) atoms. The Morgan fingerprint density at radius 1 is 1.42 bits per heavy atom. The molecule has 1 heterocycles. The SMILES string of the molecule is CCNCCc1cn(Cc2ccc(Br)cc2F)cn1. The van der Waals surface area contributed by atoms with Crippen molar-refractivity contribution in [1.82, 2.24) is 14.9 Å². The summed E-state index contributed by atoms with van der Waals surface area (Å²) in [5.74, 6) is -0.197. The Hall–Kier alpha value is -1.20. The molecule has 0 unspecified atom stereocenters. The van der Waals surface area contributed by atoms with Gasteiger partial charge in [0.05, 0.1) is 18.6 Å². The van der Waals surface area contributed by atoms with Crippen LogP contribution in [0.1, 0.15) is 18.2 Å². The van der Waals surface area contributed by atoms with Gasteiger partial charge in [-0.15, -0.1) is 0 Å². The highest BCUT2D eigenvalue weighted by Crippen LogP contribution is 2.16. The van der Waals surface area contributed by atoms with Gasteiger partial charge < -0.3 is 9.88 Å². The highest BCUT2D eigenvalue weighted by atomic mass is 79.9. The van der Waals surface area contributed by atoms with E-state index in [1.807, 2.05) is 16.8 Å². The molecule has 0 saturated heterocycles. The van der Waals surface area contributed by atoms with Crippen LogP contribution in [0.25, 0.3) is 0 Å². The van der Waals surface area contributed by atoms with E-state index in [0.717, 1.165) is 29.7 Å². The van der Waals surface area contributed by atoms with Crippen molar-refractivity contribution in [1.29, 1.82) is 0 Å². The van der Waals surface area contributed by atoms with E-state index in [1.54, 1.807) is 12.4 Å². The summed E-state index contributed by atoms with van der Waals surface area (Å²) in [6.07, 6.45) is 4.62. The van der Waals surface area contributed by atoms with E-state index in [2.05, 4.69) is 33.2 Å². The lowest BCUT2D eigenvalue weighted by atomic mass is 10.2. The van der Waals surface area contributed by atoms with Crippen molar-refractivity contribution in [3.05, 3.63) is 52.3 Å². The second-order valence-electron chi connectivity index (χ2n) is 4.38. The molecule has 2 rings (SSSR count). The minimum atomic E-state index is -0.197. The van der Waals surface area contributed by atoms with Gasteiger partial charge in [0.25, 0.3) is 0 Å². The number of aromatic nitrogens is 2. The van der Waals surface area contributed by atoms with E-state index in [-0.39, 0.29) is 5.82 Å². The fraction of sp³-hybridized carbons (Fsp3) is 0.357. The number of nitrogens with zero attached hydrogens (tertiary/aromatic N) is 2. The van der Waals surface area contributed by atoms with Crippen LogP contribution in [0.15, 0.2) is 35.2 Å². The Balaban J connectivity index is 1.99. The quantitative estimate of drug-likeness (QED) is 0.827. The van der Waals surface area contributed by atoms with Gasteiger partial charge in [-0.2, -0.15) is 0 Å². The van der Waals surface area contributed by atoms with Crippen LogP contribution in [0.2, 0.25) is 0 Å². The number of benzene rings is 1. The zero-order valence-corrected chi connectivity index (χ0v) is 12.5. The molecule has 1 aromatic heterocycles. The lowest BCUT2D eigenvalue weighted by Gasteiger charge is -2.04. The van der Waals surface area contributed by atoms with Gasteiger partial charge in [-0.1, -0.05) is 28.9 Å². The monoisotopic (exact) mass is 325 g/mol. The number of hydrogen-bond acceptors (Lipinski definition) is 2. The van der Waals surface area contributed by atoms with Crippen molar-refractivity contribution < 1.29 is 4.39 Å². The van der Waals surface area contributed by atoms with Crippen molar-refractivity contribution in [3.63, 3.8) is 0 Å². The van der Waals surface area contributed by atoms with Crippen molar-refractivity contribution in [2.75, 3.05) is 13.1 Å². The second kappa shape index (κ2) is 6.82. The fourth-order valence-electron chi connectivity index (χ4n) is 1.86. The predicted molar refractivity (Wildman–Crippen MR) is 77.7 cm³/mol. The van der Waals surface area contributed by atoms with Crippen LogP contribution < -0.4 is 5.32 Å². The molecule has 1 N–H and O–H groups in total. The molecule has 0 atom stereocenters. The molecule has 0 aliphatic rings. The van der Waals surface area contributed by atoms with Crippen LogP contribution in [0, 0.1) is 5.82 Å². The van der Waals surface area contributed by atoms with Crippen molar-refractivity contribution >= 4 is 15.9 Å². The summed E-state index contributed by atoms with van der Waals surface area (Å²) in [7, 11) is 0. The minimum absolute atomic E-state index is 0.197. The van der Waals surface area contributed by atoms with E-state index in [1.165, 1.54) is 6.07 Å². The molecular formula is C14H17BrFN3. The first-order chi connectivity index (χ1) is 9.19.